The summed E-state index contributed by atoms with van der Waals surface area (Å²) in [7, 11) is 0. The summed E-state index contributed by atoms with van der Waals surface area (Å²) in [6, 6.07) is 10.2. The fourth-order valence-corrected chi connectivity index (χ4v) is 3.64. The van der Waals surface area contributed by atoms with Crippen LogP contribution in [0.5, 0.6) is 0 Å². The molecule has 0 saturated carbocycles. The molecule has 1 heterocycles. The average molecular weight is 313 g/mol. The second kappa shape index (κ2) is 7.94. The summed E-state index contributed by atoms with van der Waals surface area (Å²) >= 11 is 0. The minimum absolute atomic E-state index is 0.0666. The predicted molar refractivity (Wildman–Crippen MR) is 98.4 cm³/mol. The van der Waals surface area contributed by atoms with Crippen LogP contribution in [0.4, 0.5) is 0 Å². The lowest BCUT2D eigenvalue weighted by Crippen LogP contribution is -2.49. The molecule has 1 saturated heterocycles. The third-order valence-corrected chi connectivity index (χ3v) is 5.10. The summed E-state index contributed by atoms with van der Waals surface area (Å²) in [6.07, 6.45) is 8.21. The molecule has 0 aliphatic carbocycles. The zero-order valence-corrected chi connectivity index (χ0v) is 14.8. The van der Waals surface area contributed by atoms with Gasteiger partial charge in [-0.1, -0.05) is 48.1 Å². The number of aliphatic hydroxyl groups is 1. The molecule has 1 aromatic rings. The van der Waals surface area contributed by atoms with E-state index in [0.29, 0.717) is 0 Å². The van der Waals surface area contributed by atoms with E-state index in [1.165, 1.54) is 5.57 Å². The second-order valence-electron chi connectivity index (χ2n) is 7.14. The topological polar surface area (TPSA) is 23.5 Å². The lowest BCUT2D eigenvalue weighted by atomic mass is 9.90. The summed E-state index contributed by atoms with van der Waals surface area (Å²) in [5.41, 5.74) is 2.31. The predicted octanol–water partition coefficient (Wildman–Crippen LogP) is 4.88. The van der Waals surface area contributed by atoms with E-state index in [9.17, 15) is 5.11 Å². The van der Waals surface area contributed by atoms with Gasteiger partial charge in [0.05, 0.1) is 6.10 Å². The van der Waals surface area contributed by atoms with Crippen LogP contribution in [0.25, 0.3) is 0 Å². The van der Waals surface area contributed by atoms with Crippen LogP contribution in [0.2, 0.25) is 0 Å². The highest BCUT2D eigenvalue weighted by atomic mass is 16.3. The monoisotopic (exact) mass is 313 g/mol. The maximum atomic E-state index is 10.9. The highest BCUT2D eigenvalue weighted by molar-refractivity contribution is 5.20. The summed E-state index contributed by atoms with van der Waals surface area (Å²) in [5, 5.41) is 10.9. The van der Waals surface area contributed by atoms with Gasteiger partial charge in [-0.05, 0) is 58.6 Å². The van der Waals surface area contributed by atoms with Crippen LogP contribution in [0, 0.1) is 0 Å². The number of hydrogen-bond donors (Lipinski definition) is 1. The van der Waals surface area contributed by atoms with E-state index in [1.54, 1.807) is 0 Å². The number of nitrogens with zero attached hydrogens (tertiary/aromatic N) is 1. The summed E-state index contributed by atoms with van der Waals surface area (Å²) in [4.78, 5) is 2.47. The van der Waals surface area contributed by atoms with Crippen molar-refractivity contribution in [2.75, 3.05) is 6.54 Å². The maximum Gasteiger partial charge on any atom is 0.0945 e. The van der Waals surface area contributed by atoms with Gasteiger partial charge in [0.15, 0.2) is 0 Å². The molecule has 2 rings (SSSR count). The van der Waals surface area contributed by atoms with Crippen LogP contribution in [0.1, 0.15) is 58.1 Å². The molecule has 126 valence electrons. The standard InChI is InChI=1S/C21H31NO/c1-5-21(4,15-9-11-17(2)3)22-16-10-14-19(22)20(23)18-12-7-6-8-13-18/h5-8,11-13,19-20,23H,1,9-10,14-16H2,2-4H3/t19-,20?,21-/m0/s1. The molecule has 2 nitrogen and oxygen atoms in total. The Morgan fingerprint density at radius 1 is 1.39 bits per heavy atom. The molecular weight excluding hydrogens is 282 g/mol. The Morgan fingerprint density at radius 2 is 2.09 bits per heavy atom. The number of likely N-dealkylation sites (tertiary alicyclic amines) is 1. The Morgan fingerprint density at radius 3 is 2.70 bits per heavy atom. The van der Waals surface area contributed by atoms with E-state index in [-0.39, 0.29) is 11.6 Å². The molecule has 1 aliphatic heterocycles. The number of benzene rings is 1. The van der Waals surface area contributed by atoms with Crippen molar-refractivity contribution in [1.82, 2.24) is 4.90 Å². The number of allylic oxidation sites excluding steroid dienone is 2. The van der Waals surface area contributed by atoms with Crippen LogP contribution in [-0.2, 0) is 0 Å². The Labute approximate surface area is 141 Å². The molecule has 23 heavy (non-hydrogen) atoms. The van der Waals surface area contributed by atoms with E-state index in [1.807, 2.05) is 30.3 Å². The van der Waals surface area contributed by atoms with Crippen molar-refractivity contribution in [2.24, 2.45) is 0 Å². The molecule has 1 unspecified atom stereocenters. The minimum atomic E-state index is -0.429. The maximum absolute atomic E-state index is 10.9. The van der Waals surface area contributed by atoms with E-state index >= 15 is 0 Å². The van der Waals surface area contributed by atoms with Crippen LogP contribution in [0.3, 0.4) is 0 Å². The minimum Gasteiger partial charge on any atom is -0.387 e. The molecule has 2 heteroatoms. The van der Waals surface area contributed by atoms with Crippen molar-refractivity contribution in [1.29, 1.82) is 0 Å². The first-order valence-electron chi connectivity index (χ1n) is 8.74. The second-order valence-corrected chi connectivity index (χ2v) is 7.14. The Hall–Kier alpha value is -1.38. The van der Waals surface area contributed by atoms with Crippen molar-refractivity contribution < 1.29 is 5.11 Å². The van der Waals surface area contributed by atoms with Gasteiger partial charge in [0.1, 0.15) is 0 Å². The van der Waals surface area contributed by atoms with Gasteiger partial charge in [0.25, 0.3) is 0 Å². The van der Waals surface area contributed by atoms with Crippen LogP contribution < -0.4 is 0 Å². The molecule has 1 fully saturated rings. The van der Waals surface area contributed by atoms with Gasteiger partial charge >= 0.3 is 0 Å². The molecule has 1 N–H and O–H groups in total. The normalized spacial score (nSPS) is 22.3. The van der Waals surface area contributed by atoms with Crippen LogP contribution in [0.15, 0.2) is 54.6 Å². The summed E-state index contributed by atoms with van der Waals surface area (Å²) < 4.78 is 0. The molecule has 0 spiro atoms. The van der Waals surface area contributed by atoms with Crippen molar-refractivity contribution >= 4 is 0 Å². The van der Waals surface area contributed by atoms with Gasteiger partial charge in [-0.2, -0.15) is 0 Å². The fraction of sp³-hybridized carbons (Fsp3) is 0.524. The van der Waals surface area contributed by atoms with Gasteiger partial charge < -0.3 is 5.11 Å². The third kappa shape index (κ3) is 4.33. The first-order chi connectivity index (χ1) is 11.0. The smallest absolute Gasteiger partial charge is 0.0945 e. The van der Waals surface area contributed by atoms with Crippen molar-refractivity contribution in [2.45, 2.75) is 64.1 Å². The molecular formula is C21H31NO. The van der Waals surface area contributed by atoms with Gasteiger partial charge in [0.2, 0.25) is 0 Å². The number of hydrogen-bond acceptors (Lipinski definition) is 2. The number of aliphatic hydroxyl groups excluding tert-OH is 1. The fourth-order valence-electron chi connectivity index (χ4n) is 3.64. The first kappa shape index (κ1) is 18.0. The van der Waals surface area contributed by atoms with E-state index < -0.39 is 6.10 Å². The summed E-state index contributed by atoms with van der Waals surface area (Å²) in [6.45, 7) is 11.7. The van der Waals surface area contributed by atoms with Gasteiger partial charge in [0, 0.05) is 11.6 Å². The van der Waals surface area contributed by atoms with Crippen LogP contribution >= 0.6 is 0 Å². The van der Waals surface area contributed by atoms with Crippen LogP contribution in [-0.4, -0.2) is 28.1 Å². The van der Waals surface area contributed by atoms with Gasteiger partial charge in [-0.15, -0.1) is 6.58 Å². The molecule has 0 amide bonds. The van der Waals surface area contributed by atoms with E-state index in [0.717, 1.165) is 37.8 Å². The Kier molecular flexibility index (Phi) is 6.20. The quantitative estimate of drug-likeness (QED) is 0.726. The SMILES string of the molecule is C=C[C@@](C)(CCC=C(C)C)N1CCC[C@H]1C(O)c1ccccc1. The summed E-state index contributed by atoms with van der Waals surface area (Å²) in [5.74, 6) is 0. The number of rotatable bonds is 7. The third-order valence-electron chi connectivity index (χ3n) is 5.10. The molecule has 1 aromatic carbocycles. The Balaban J connectivity index is 2.15. The Bertz CT molecular complexity index is 532. The van der Waals surface area contributed by atoms with Crippen molar-refractivity contribution in [3.63, 3.8) is 0 Å². The zero-order chi connectivity index (χ0) is 16.9. The highest BCUT2D eigenvalue weighted by Gasteiger charge is 2.40. The molecule has 0 aromatic heterocycles. The largest absolute Gasteiger partial charge is 0.387 e. The van der Waals surface area contributed by atoms with Gasteiger partial charge in [-0.25, -0.2) is 0 Å². The average Bonchev–Trinajstić information content (AvgIpc) is 3.04. The molecule has 1 aliphatic rings. The van der Waals surface area contributed by atoms with E-state index in [4.69, 9.17) is 0 Å². The van der Waals surface area contributed by atoms with Crippen molar-refractivity contribution in [3.05, 3.63) is 60.2 Å². The first-order valence-corrected chi connectivity index (χ1v) is 8.74. The zero-order valence-electron chi connectivity index (χ0n) is 14.8. The molecule has 0 bridgehead atoms. The van der Waals surface area contributed by atoms with Crippen molar-refractivity contribution in [3.8, 4) is 0 Å². The highest BCUT2D eigenvalue weighted by Crippen LogP contribution is 2.37. The molecule has 0 radical (unpaired) electrons. The van der Waals surface area contributed by atoms with E-state index in [2.05, 4.69) is 44.4 Å². The lowest BCUT2D eigenvalue weighted by Gasteiger charge is -2.42. The lowest BCUT2D eigenvalue weighted by molar-refractivity contribution is 0.0263. The molecule has 3 atom stereocenters. The van der Waals surface area contributed by atoms with Gasteiger partial charge in [-0.3, -0.25) is 4.90 Å².